The Hall–Kier alpha value is -3.55. The molecule has 3 rings (SSSR count). The molecule has 8 nitrogen and oxygen atoms in total. The van der Waals surface area contributed by atoms with Gasteiger partial charge < -0.3 is 10.6 Å². The van der Waals surface area contributed by atoms with Crippen molar-refractivity contribution < 1.29 is 4.92 Å². The van der Waals surface area contributed by atoms with Crippen LogP contribution in [0.15, 0.2) is 54.9 Å². The Morgan fingerprint density at radius 1 is 1.04 bits per heavy atom. The molecule has 0 radical (unpaired) electrons. The van der Waals surface area contributed by atoms with Crippen molar-refractivity contribution in [1.29, 1.82) is 0 Å². The third-order valence-electron chi connectivity index (χ3n) is 3.66. The number of nitro groups is 1. The molecule has 2 N–H and O–H groups in total. The van der Waals surface area contributed by atoms with E-state index in [-0.39, 0.29) is 5.69 Å². The summed E-state index contributed by atoms with van der Waals surface area (Å²) in [6, 6.07) is 12.1. The number of non-ortho nitro benzene ring substituents is 1. The van der Waals surface area contributed by atoms with Crippen molar-refractivity contribution in [3.05, 3.63) is 70.5 Å². The molecule has 2 heterocycles. The monoisotopic (exact) mass is 350 g/mol. The first-order chi connectivity index (χ1) is 12.7. The Morgan fingerprint density at radius 3 is 2.42 bits per heavy atom. The molecule has 0 atom stereocenters. The van der Waals surface area contributed by atoms with Crippen LogP contribution in [0, 0.1) is 10.1 Å². The van der Waals surface area contributed by atoms with Gasteiger partial charge in [-0.2, -0.15) is 4.98 Å². The molecule has 0 aliphatic carbocycles. The van der Waals surface area contributed by atoms with Crippen LogP contribution in [0.1, 0.15) is 12.5 Å². The highest BCUT2D eigenvalue weighted by Gasteiger charge is 2.08. The molecule has 0 aliphatic heterocycles. The van der Waals surface area contributed by atoms with Gasteiger partial charge in [-0.15, -0.1) is 0 Å². The van der Waals surface area contributed by atoms with Gasteiger partial charge in [-0.3, -0.25) is 15.1 Å². The lowest BCUT2D eigenvalue weighted by Crippen LogP contribution is -2.07. The number of pyridine rings is 1. The first-order valence-corrected chi connectivity index (χ1v) is 8.16. The predicted octanol–water partition coefficient (Wildman–Crippen LogP) is 3.49. The van der Waals surface area contributed by atoms with E-state index in [1.807, 2.05) is 25.1 Å². The van der Waals surface area contributed by atoms with Crippen molar-refractivity contribution >= 4 is 17.5 Å². The molecule has 2 aromatic heterocycles. The molecule has 26 heavy (non-hydrogen) atoms. The largest absolute Gasteiger partial charge is 0.366 e. The molecule has 3 aromatic rings. The summed E-state index contributed by atoms with van der Waals surface area (Å²) in [5.41, 5.74) is 2.72. The van der Waals surface area contributed by atoms with Crippen molar-refractivity contribution in [2.24, 2.45) is 0 Å². The number of nitro benzene ring substituents is 1. The second-order valence-electron chi connectivity index (χ2n) is 5.51. The molecule has 0 spiro atoms. The molecule has 0 aliphatic rings. The SMILES string of the molecule is CCNc1nc(NCc2ccc([N+](=O)[O-])cc2)cc(-c2ccncc2)n1. The number of rotatable bonds is 7. The van der Waals surface area contributed by atoms with Gasteiger partial charge in [0.1, 0.15) is 5.82 Å². The lowest BCUT2D eigenvalue weighted by molar-refractivity contribution is -0.384. The maximum absolute atomic E-state index is 10.7. The smallest absolute Gasteiger partial charge is 0.269 e. The normalized spacial score (nSPS) is 10.3. The summed E-state index contributed by atoms with van der Waals surface area (Å²) in [4.78, 5) is 23.3. The van der Waals surface area contributed by atoms with Gasteiger partial charge >= 0.3 is 0 Å². The number of hydrogen-bond acceptors (Lipinski definition) is 7. The second-order valence-corrected chi connectivity index (χ2v) is 5.51. The molecule has 0 fully saturated rings. The van der Waals surface area contributed by atoms with Crippen LogP contribution in [0.25, 0.3) is 11.3 Å². The minimum absolute atomic E-state index is 0.0743. The Balaban J connectivity index is 1.80. The average molecular weight is 350 g/mol. The predicted molar refractivity (Wildman–Crippen MR) is 99.8 cm³/mol. The number of nitrogens with zero attached hydrogens (tertiary/aromatic N) is 4. The van der Waals surface area contributed by atoms with Crippen molar-refractivity contribution in [1.82, 2.24) is 15.0 Å². The summed E-state index contributed by atoms with van der Waals surface area (Å²) in [6.45, 7) is 3.18. The maximum atomic E-state index is 10.7. The third kappa shape index (κ3) is 4.29. The highest BCUT2D eigenvalue weighted by molar-refractivity contribution is 5.63. The number of anilines is 2. The van der Waals surface area contributed by atoms with Crippen LogP contribution >= 0.6 is 0 Å². The molecule has 0 unspecified atom stereocenters. The van der Waals surface area contributed by atoms with E-state index < -0.39 is 4.92 Å². The van der Waals surface area contributed by atoms with Gasteiger partial charge in [0.2, 0.25) is 5.95 Å². The lowest BCUT2D eigenvalue weighted by Gasteiger charge is -2.11. The van der Waals surface area contributed by atoms with Gasteiger partial charge in [0.15, 0.2) is 0 Å². The standard InChI is InChI=1S/C18H18N6O2/c1-2-20-18-22-16(14-7-9-19-10-8-14)11-17(23-18)21-12-13-3-5-15(6-4-13)24(25)26/h3-11H,2,12H2,1H3,(H2,20,21,22,23). The van der Waals surface area contributed by atoms with Crippen LogP contribution < -0.4 is 10.6 Å². The van der Waals surface area contributed by atoms with E-state index in [0.29, 0.717) is 24.9 Å². The fraction of sp³-hybridized carbons (Fsp3) is 0.167. The van der Waals surface area contributed by atoms with Gasteiger partial charge in [0.25, 0.3) is 5.69 Å². The minimum atomic E-state index is -0.411. The van der Waals surface area contributed by atoms with Crippen molar-refractivity contribution in [3.63, 3.8) is 0 Å². The van der Waals surface area contributed by atoms with Gasteiger partial charge in [-0.05, 0) is 24.6 Å². The maximum Gasteiger partial charge on any atom is 0.269 e. The summed E-state index contributed by atoms with van der Waals surface area (Å²) < 4.78 is 0. The zero-order valence-electron chi connectivity index (χ0n) is 14.2. The van der Waals surface area contributed by atoms with Crippen LogP contribution in [-0.2, 0) is 6.54 Å². The summed E-state index contributed by atoms with van der Waals surface area (Å²) in [5, 5.41) is 17.1. The molecule has 0 amide bonds. The molecule has 0 saturated carbocycles. The summed E-state index contributed by atoms with van der Waals surface area (Å²) in [6.07, 6.45) is 3.43. The van der Waals surface area contributed by atoms with E-state index in [0.717, 1.165) is 16.8 Å². The molecular weight excluding hydrogens is 332 g/mol. The van der Waals surface area contributed by atoms with Crippen molar-refractivity contribution in [2.75, 3.05) is 17.2 Å². The van der Waals surface area contributed by atoms with E-state index in [1.165, 1.54) is 12.1 Å². The van der Waals surface area contributed by atoms with Crippen LogP contribution in [0.3, 0.4) is 0 Å². The molecule has 132 valence electrons. The highest BCUT2D eigenvalue weighted by atomic mass is 16.6. The quantitative estimate of drug-likeness (QED) is 0.496. The van der Waals surface area contributed by atoms with Gasteiger partial charge in [-0.1, -0.05) is 12.1 Å². The number of benzene rings is 1. The Bertz CT molecular complexity index is 884. The molecule has 0 saturated heterocycles. The first-order valence-electron chi connectivity index (χ1n) is 8.16. The fourth-order valence-corrected chi connectivity index (χ4v) is 2.37. The molecule has 1 aromatic carbocycles. The molecule has 8 heteroatoms. The highest BCUT2D eigenvalue weighted by Crippen LogP contribution is 2.21. The zero-order chi connectivity index (χ0) is 18.4. The van der Waals surface area contributed by atoms with Crippen LogP contribution in [0.4, 0.5) is 17.5 Å². The van der Waals surface area contributed by atoms with Gasteiger partial charge in [0, 0.05) is 49.2 Å². The number of aromatic nitrogens is 3. The Morgan fingerprint density at radius 2 is 1.77 bits per heavy atom. The number of hydrogen-bond donors (Lipinski definition) is 2. The van der Waals surface area contributed by atoms with Crippen LogP contribution in [-0.4, -0.2) is 26.4 Å². The lowest BCUT2D eigenvalue weighted by atomic mass is 10.2. The molecule has 0 bridgehead atoms. The number of nitrogens with one attached hydrogen (secondary N) is 2. The zero-order valence-corrected chi connectivity index (χ0v) is 14.2. The van der Waals surface area contributed by atoms with Crippen molar-refractivity contribution in [3.8, 4) is 11.3 Å². The topological polar surface area (TPSA) is 106 Å². The van der Waals surface area contributed by atoms with Crippen LogP contribution in [0.5, 0.6) is 0 Å². The summed E-state index contributed by atoms with van der Waals surface area (Å²) in [5.74, 6) is 1.20. The van der Waals surface area contributed by atoms with E-state index in [2.05, 4.69) is 25.6 Å². The first kappa shape index (κ1) is 17.3. The van der Waals surface area contributed by atoms with E-state index in [1.54, 1.807) is 24.5 Å². The van der Waals surface area contributed by atoms with Gasteiger partial charge in [-0.25, -0.2) is 4.98 Å². The Kier molecular flexibility index (Phi) is 5.33. The minimum Gasteiger partial charge on any atom is -0.366 e. The fourth-order valence-electron chi connectivity index (χ4n) is 2.37. The Labute approximate surface area is 150 Å². The van der Waals surface area contributed by atoms with E-state index >= 15 is 0 Å². The van der Waals surface area contributed by atoms with E-state index in [9.17, 15) is 10.1 Å². The van der Waals surface area contributed by atoms with E-state index in [4.69, 9.17) is 0 Å². The van der Waals surface area contributed by atoms with Crippen LogP contribution in [0.2, 0.25) is 0 Å². The second kappa shape index (κ2) is 8.02. The summed E-state index contributed by atoms with van der Waals surface area (Å²) in [7, 11) is 0. The summed E-state index contributed by atoms with van der Waals surface area (Å²) >= 11 is 0. The third-order valence-corrected chi connectivity index (χ3v) is 3.66. The average Bonchev–Trinajstić information content (AvgIpc) is 2.67. The van der Waals surface area contributed by atoms with Gasteiger partial charge in [0.05, 0.1) is 10.6 Å². The van der Waals surface area contributed by atoms with Crippen molar-refractivity contribution in [2.45, 2.75) is 13.5 Å². The molecular formula is C18H18N6O2.